The number of allylic oxidation sites excluding steroid dienone is 1. The summed E-state index contributed by atoms with van der Waals surface area (Å²) in [7, 11) is 0. The average Bonchev–Trinajstić information content (AvgIpc) is 3.04. The number of aliphatic imine (C=N–C) groups is 1. The highest BCUT2D eigenvalue weighted by atomic mass is 16.2. The number of benzene rings is 1. The van der Waals surface area contributed by atoms with Crippen molar-refractivity contribution < 1.29 is 4.79 Å². The van der Waals surface area contributed by atoms with E-state index >= 15 is 0 Å². The van der Waals surface area contributed by atoms with E-state index in [2.05, 4.69) is 33.3 Å². The summed E-state index contributed by atoms with van der Waals surface area (Å²) in [5.41, 5.74) is 3.38. The Kier molecular flexibility index (Phi) is 5.02. The van der Waals surface area contributed by atoms with Crippen LogP contribution in [0.2, 0.25) is 0 Å². The molecule has 1 atom stereocenters. The quantitative estimate of drug-likeness (QED) is 0.792. The van der Waals surface area contributed by atoms with Crippen LogP contribution in [0, 0.1) is 6.92 Å². The molecule has 1 aromatic carbocycles. The van der Waals surface area contributed by atoms with Gasteiger partial charge < -0.3 is 9.47 Å². The first kappa shape index (κ1) is 18.0. The van der Waals surface area contributed by atoms with Crippen LogP contribution in [0.3, 0.4) is 0 Å². The van der Waals surface area contributed by atoms with E-state index in [9.17, 15) is 4.79 Å². The number of hydrogen-bond acceptors (Lipinski definition) is 4. The molecule has 0 aliphatic carbocycles. The third-order valence-electron chi connectivity index (χ3n) is 4.65. The van der Waals surface area contributed by atoms with Crippen molar-refractivity contribution >= 4 is 11.6 Å². The van der Waals surface area contributed by atoms with E-state index in [1.165, 1.54) is 0 Å². The summed E-state index contributed by atoms with van der Waals surface area (Å²) < 4.78 is 2.08. The maximum absolute atomic E-state index is 13.0. The maximum atomic E-state index is 13.0. The predicted octanol–water partition coefficient (Wildman–Crippen LogP) is 3.54. The van der Waals surface area contributed by atoms with Crippen LogP contribution >= 0.6 is 0 Å². The lowest BCUT2D eigenvalue weighted by Crippen LogP contribution is -2.42. The van der Waals surface area contributed by atoms with Crippen molar-refractivity contribution in [2.24, 2.45) is 4.99 Å². The van der Waals surface area contributed by atoms with Gasteiger partial charge in [0.2, 0.25) is 0 Å². The molecule has 6 heteroatoms. The molecule has 26 heavy (non-hydrogen) atoms. The molecule has 0 radical (unpaired) electrons. The van der Waals surface area contributed by atoms with Crippen molar-refractivity contribution in [3.63, 3.8) is 0 Å². The Morgan fingerprint density at radius 1 is 1.23 bits per heavy atom. The molecule has 0 saturated carbocycles. The van der Waals surface area contributed by atoms with Gasteiger partial charge in [0.05, 0.1) is 11.8 Å². The van der Waals surface area contributed by atoms with E-state index < -0.39 is 0 Å². The van der Waals surface area contributed by atoms with Crippen LogP contribution < -0.4 is 0 Å². The summed E-state index contributed by atoms with van der Waals surface area (Å²) in [6, 6.07) is 7.63. The fourth-order valence-electron chi connectivity index (χ4n) is 3.40. The Hall–Kier alpha value is -2.76. The van der Waals surface area contributed by atoms with Crippen molar-refractivity contribution in [3.8, 4) is 0 Å². The van der Waals surface area contributed by atoms with Gasteiger partial charge in [0.15, 0.2) is 11.6 Å². The van der Waals surface area contributed by atoms with Gasteiger partial charge >= 0.3 is 0 Å². The summed E-state index contributed by atoms with van der Waals surface area (Å²) in [4.78, 5) is 19.3. The Labute approximate surface area is 154 Å². The lowest BCUT2D eigenvalue weighted by Gasteiger charge is -2.35. The monoisotopic (exact) mass is 351 g/mol. The van der Waals surface area contributed by atoms with Gasteiger partial charge in [-0.3, -0.25) is 9.79 Å². The van der Waals surface area contributed by atoms with Gasteiger partial charge in [-0.05, 0) is 39.3 Å². The number of rotatable bonds is 4. The first-order valence-corrected chi connectivity index (χ1v) is 8.94. The lowest BCUT2D eigenvalue weighted by molar-refractivity contribution is 0.0610. The van der Waals surface area contributed by atoms with Crippen LogP contribution in [0.15, 0.2) is 41.5 Å². The molecule has 2 heterocycles. The number of nitrogens with zero attached hydrogens (tertiary/aromatic N) is 5. The molecule has 0 saturated heterocycles. The molecule has 1 aromatic heterocycles. The van der Waals surface area contributed by atoms with Crippen molar-refractivity contribution in [3.05, 3.63) is 59.3 Å². The molecule has 1 aliphatic heterocycles. The third kappa shape index (κ3) is 3.31. The van der Waals surface area contributed by atoms with E-state index in [-0.39, 0.29) is 11.9 Å². The number of fused-ring (bicyclic) bond motifs is 1. The Morgan fingerprint density at radius 3 is 2.54 bits per heavy atom. The summed E-state index contributed by atoms with van der Waals surface area (Å²) in [6.45, 7) is 13.0. The zero-order chi connectivity index (χ0) is 18.8. The maximum Gasteiger partial charge on any atom is 0.254 e. The van der Waals surface area contributed by atoms with E-state index in [0.717, 1.165) is 35.0 Å². The highest BCUT2D eigenvalue weighted by Gasteiger charge is 2.33. The van der Waals surface area contributed by atoms with Crippen LogP contribution in [0.25, 0.3) is 0 Å². The molecule has 3 rings (SSSR count). The standard InChI is InChI=1S/C20H25N5O/c1-6-17-19-23-22-18(15(5)21-13(2)3)25(19)12-11-24(17)20(26)16-9-7-14(4)8-10-16/h7-10,17H,2,6,11-12H2,1,3-5H3/t17-/m1/s1. The number of aromatic nitrogens is 3. The summed E-state index contributed by atoms with van der Waals surface area (Å²) >= 11 is 0. The average molecular weight is 351 g/mol. The summed E-state index contributed by atoms with van der Waals surface area (Å²) in [6.07, 6.45) is 0.784. The zero-order valence-electron chi connectivity index (χ0n) is 15.9. The van der Waals surface area contributed by atoms with Gasteiger partial charge in [0, 0.05) is 24.4 Å². The lowest BCUT2D eigenvalue weighted by atomic mass is 10.1. The smallest absolute Gasteiger partial charge is 0.254 e. The van der Waals surface area contributed by atoms with Gasteiger partial charge in [-0.15, -0.1) is 10.2 Å². The molecule has 136 valence electrons. The molecule has 1 aliphatic rings. The minimum atomic E-state index is -0.0866. The largest absolute Gasteiger partial charge is 0.327 e. The van der Waals surface area contributed by atoms with E-state index in [0.29, 0.717) is 18.7 Å². The molecule has 1 amide bonds. The van der Waals surface area contributed by atoms with Crippen LogP contribution in [-0.4, -0.2) is 37.8 Å². The number of carbonyl (C=O) groups excluding carboxylic acids is 1. The van der Waals surface area contributed by atoms with Gasteiger partial charge in [-0.25, -0.2) is 0 Å². The van der Waals surface area contributed by atoms with Crippen LogP contribution in [0.4, 0.5) is 0 Å². The topological polar surface area (TPSA) is 63.4 Å². The highest BCUT2D eigenvalue weighted by Crippen LogP contribution is 2.29. The number of hydrogen-bond donors (Lipinski definition) is 0. The Bertz CT molecular complexity index is 863. The summed E-state index contributed by atoms with van der Waals surface area (Å²) in [5.74, 6) is 1.62. The molecule has 6 nitrogen and oxygen atoms in total. The fraction of sp³-hybridized carbons (Fsp3) is 0.400. The zero-order valence-corrected chi connectivity index (χ0v) is 15.9. The minimum Gasteiger partial charge on any atom is -0.327 e. The second-order valence-corrected chi connectivity index (χ2v) is 6.75. The normalized spacial score (nSPS) is 17.2. The minimum absolute atomic E-state index is 0.0416. The molecule has 0 spiro atoms. The molecule has 2 aromatic rings. The highest BCUT2D eigenvalue weighted by molar-refractivity contribution is 5.96. The van der Waals surface area contributed by atoms with Crippen molar-refractivity contribution in [1.82, 2.24) is 19.7 Å². The van der Waals surface area contributed by atoms with Gasteiger partial charge in [-0.1, -0.05) is 31.2 Å². The molecular weight excluding hydrogens is 326 g/mol. The van der Waals surface area contributed by atoms with Gasteiger partial charge in [0.1, 0.15) is 0 Å². The molecule has 0 unspecified atom stereocenters. The second-order valence-electron chi connectivity index (χ2n) is 6.75. The van der Waals surface area contributed by atoms with Crippen LogP contribution in [0.5, 0.6) is 0 Å². The number of aryl methyl sites for hydroxylation is 1. The third-order valence-corrected chi connectivity index (χ3v) is 4.65. The Morgan fingerprint density at radius 2 is 1.92 bits per heavy atom. The molecule has 0 bridgehead atoms. The Balaban J connectivity index is 1.93. The number of amides is 1. The van der Waals surface area contributed by atoms with Crippen molar-refractivity contribution in [2.45, 2.75) is 46.7 Å². The number of carbonyl (C=O) groups is 1. The second kappa shape index (κ2) is 7.23. The first-order chi connectivity index (χ1) is 12.4. The van der Waals surface area contributed by atoms with E-state index in [4.69, 9.17) is 0 Å². The molecule has 0 fully saturated rings. The SMILES string of the molecule is C=C(C)N=C(C)c1nnc2n1CCN(C(=O)c1ccc(C)cc1)[C@@H]2CC. The predicted molar refractivity (Wildman–Crippen MR) is 102 cm³/mol. The fourth-order valence-corrected chi connectivity index (χ4v) is 3.40. The van der Waals surface area contributed by atoms with Crippen molar-refractivity contribution in [1.29, 1.82) is 0 Å². The first-order valence-electron chi connectivity index (χ1n) is 8.94. The summed E-state index contributed by atoms with van der Waals surface area (Å²) in [5, 5.41) is 8.72. The van der Waals surface area contributed by atoms with Crippen LogP contribution in [0.1, 0.15) is 60.8 Å². The van der Waals surface area contributed by atoms with E-state index in [1.54, 1.807) is 0 Å². The van der Waals surface area contributed by atoms with Crippen LogP contribution in [-0.2, 0) is 6.54 Å². The molecule has 0 N–H and O–H groups in total. The molecular formula is C20H25N5O. The van der Waals surface area contributed by atoms with Gasteiger partial charge in [-0.2, -0.15) is 0 Å². The van der Waals surface area contributed by atoms with Crippen molar-refractivity contribution in [2.75, 3.05) is 6.54 Å². The van der Waals surface area contributed by atoms with E-state index in [1.807, 2.05) is 49.9 Å². The van der Waals surface area contributed by atoms with Gasteiger partial charge in [0.25, 0.3) is 5.91 Å².